The normalized spacial score (nSPS) is 11.5. The Morgan fingerprint density at radius 1 is 1.31 bits per heavy atom. The van der Waals surface area contributed by atoms with Crippen molar-refractivity contribution in [2.45, 2.75) is 19.6 Å². The van der Waals surface area contributed by atoms with Crippen LogP contribution in [-0.4, -0.2) is 27.5 Å². The van der Waals surface area contributed by atoms with E-state index in [1.165, 1.54) is 17.5 Å². The monoisotopic (exact) mass is 382 g/mol. The minimum Gasteiger partial charge on any atom is -0.461 e. The number of hydrogen-bond acceptors (Lipinski definition) is 7. The first-order valence-electron chi connectivity index (χ1n) is 7.56. The van der Waals surface area contributed by atoms with Crippen LogP contribution in [-0.2, 0) is 17.5 Å². The van der Waals surface area contributed by atoms with Crippen LogP contribution in [0.2, 0.25) is 0 Å². The van der Waals surface area contributed by atoms with E-state index < -0.39 is 17.7 Å². The zero-order chi connectivity index (χ0) is 18.7. The molecule has 0 saturated carbocycles. The lowest BCUT2D eigenvalue weighted by Crippen LogP contribution is -2.12. The summed E-state index contributed by atoms with van der Waals surface area (Å²) < 4.78 is 43.8. The summed E-state index contributed by atoms with van der Waals surface area (Å²) in [6.45, 7) is 1.91. The molecule has 3 rings (SSSR count). The molecule has 0 unspecified atom stereocenters. The van der Waals surface area contributed by atoms with Gasteiger partial charge in [-0.2, -0.15) is 13.2 Å². The lowest BCUT2D eigenvalue weighted by atomic mass is 10.2. The number of carbonyl (C=O) groups excluding carboxylic acids is 1. The summed E-state index contributed by atoms with van der Waals surface area (Å²) in [6.07, 6.45) is -2.39. The molecule has 6 nitrogen and oxygen atoms in total. The second-order valence-corrected chi connectivity index (χ2v) is 6.10. The van der Waals surface area contributed by atoms with Crippen LogP contribution in [0.15, 0.2) is 29.9 Å². The molecule has 0 aliphatic rings. The van der Waals surface area contributed by atoms with Gasteiger partial charge in [0.1, 0.15) is 0 Å². The Balaban J connectivity index is 1.84. The van der Waals surface area contributed by atoms with Crippen LogP contribution in [0.5, 0.6) is 0 Å². The molecule has 0 radical (unpaired) electrons. The average Bonchev–Trinajstić information content (AvgIpc) is 3.07. The number of anilines is 1. The van der Waals surface area contributed by atoms with Crippen molar-refractivity contribution >= 4 is 33.5 Å². The number of thiophene rings is 1. The topological polar surface area (TPSA) is 77.0 Å². The van der Waals surface area contributed by atoms with Gasteiger partial charge in [-0.25, -0.2) is 14.8 Å². The molecule has 0 atom stereocenters. The summed E-state index contributed by atoms with van der Waals surface area (Å²) in [5.41, 5.74) is 0.152. The molecular formula is C16H13F3N4O2S. The lowest BCUT2D eigenvalue weighted by molar-refractivity contribution is -0.137. The first-order valence-corrected chi connectivity index (χ1v) is 8.44. The number of esters is 1. The SMILES string of the molecule is CCOC(=O)c1nc(NCc2cncc(C(F)(F)F)c2)nc2ccsc12. The minimum absolute atomic E-state index is 0.0226. The Kier molecular flexibility index (Phi) is 5.03. The van der Waals surface area contributed by atoms with Crippen molar-refractivity contribution in [1.29, 1.82) is 0 Å². The highest BCUT2D eigenvalue weighted by Gasteiger charge is 2.31. The summed E-state index contributed by atoms with van der Waals surface area (Å²) in [5.74, 6) is -0.456. The van der Waals surface area contributed by atoms with E-state index in [1.807, 2.05) is 0 Å². The van der Waals surface area contributed by atoms with Gasteiger partial charge >= 0.3 is 12.1 Å². The second-order valence-electron chi connectivity index (χ2n) is 5.18. The van der Waals surface area contributed by atoms with Crippen LogP contribution in [0.3, 0.4) is 0 Å². The molecular weight excluding hydrogens is 369 g/mol. The van der Waals surface area contributed by atoms with Crippen molar-refractivity contribution in [3.8, 4) is 0 Å². The molecule has 0 amide bonds. The predicted octanol–water partition coefficient (Wildman–Crippen LogP) is 3.89. The van der Waals surface area contributed by atoms with Gasteiger partial charge in [-0.05, 0) is 30.0 Å². The average molecular weight is 382 g/mol. The van der Waals surface area contributed by atoms with Gasteiger partial charge in [0.2, 0.25) is 5.95 Å². The molecule has 3 aromatic rings. The molecule has 10 heteroatoms. The van der Waals surface area contributed by atoms with E-state index in [2.05, 4.69) is 20.3 Å². The van der Waals surface area contributed by atoms with Gasteiger partial charge < -0.3 is 10.1 Å². The standard InChI is InChI=1S/C16H13F3N4O2S/c1-2-25-14(24)12-13-11(3-4-26-13)22-15(23-12)21-7-9-5-10(8-20-6-9)16(17,18)19/h3-6,8H,2,7H2,1H3,(H,21,22,23). The van der Waals surface area contributed by atoms with E-state index in [0.29, 0.717) is 15.8 Å². The quantitative estimate of drug-likeness (QED) is 0.675. The van der Waals surface area contributed by atoms with Crippen LogP contribution < -0.4 is 5.32 Å². The molecule has 0 bridgehead atoms. The molecule has 1 N–H and O–H groups in total. The number of alkyl halides is 3. The molecule has 3 heterocycles. The van der Waals surface area contributed by atoms with Gasteiger partial charge in [0, 0.05) is 18.9 Å². The molecule has 0 saturated heterocycles. The first kappa shape index (κ1) is 18.1. The number of carbonyl (C=O) groups is 1. The summed E-state index contributed by atoms with van der Waals surface area (Å²) in [6, 6.07) is 2.72. The Bertz CT molecular complexity index is 943. The smallest absolute Gasteiger partial charge is 0.417 e. The van der Waals surface area contributed by atoms with Crippen molar-refractivity contribution in [3.05, 3.63) is 46.7 Å². The maximum atomic E-state index is 12.7. The van der Waals surface area contributed by atoms with Crippen molar-refractivity contribution in [2.24, 2.45) is 0 Å². The number of aromatic nitrogens is 3. The Morgan fingerprint density at radius 3 is 2.85 bits per heavy atom. The van der Waals surface area contributed by atoms with E-state index in [1.54, 1.807) is 18.4 Å². The highest BCUT2D eigenvalue weighted by molar-refractivity contribution is 7.17. The lowest BCUT2D eigenvalue weighted by Gasteiger charge is -2.10. The Hall–Kier alpha value is -2.75. The fourth-order valence-electron chi connectivity index (χ4n) is 2.20. The summed E-state index contributed by atoms with van der Waals surface area (Å²) in [5, 5.41) is 4.59. The van der Waals surface area contributed by atoms with Gasteiger partial charge in [-0.3, -0.25) is 4.98 Å². The fourth-order valence-corrected chi connectivity index (χ4v) is 3.01. The molecule has 0 fully saturated rings. The number of hydrogen-bond donors (Lipinski definition) is 1. The molecule has 26 heavy (non-hydrogen) atoms. The fraction of sp³-hybridized carbons (Fsp3) is 0.250. The van der Waals surface area contributed by atoms with Gasteiger partial charge in [-0.1, -0.05) is 0 Å². The largest absolute Gasteiger partial charge is 0.461 e. The second kappa shape index (κ2) is 7.24. The first-order chi connectivity index (χ1) is 12.4. The van der Waals surface area contributed by atoms with Gasteiger partial charge in [-0.15, -0.1) is 11.3 Å². The van der Waals surface area contributed by atoms with E-state index in [-0.39, 0.29) is 24.8 Å². The number of ether oxygens (including phenoxy) is 1. The molecule has 0 spiro atoms. The molecule has 0 aliphatic carbocycles. The predicted molar refractivity (Wildman–Crippen MR) is 89.9 cm³/mol. The van der Waals surface area contributed by atoms with E-state index >= 15 is 0 Å². The van der Waals surface area contributed by atoms with Gasteiger partial charge in [0.15, 0.2) is 5.69 Å². The summed E-state index contributed by atoms with van der Waals surface area (Å²) in [7, 11) is 0. The van der Waals surface area contributed by atoms with Crippen LogP contribution in [0, 0.1) is 0 Å². The Morgan fingerprint density at radius 2 is 2.12 bits per heavy atom. The van der Waals surface area contributed by atoms with Crippen LogP contribution >= 0.6 is 11.3 Å². The number of pyridine rings is 1. The maximum absolute atomic E-state index is 12.7. The third-order valence-electron chi connectivity index (χ3n) is 3.35. The minimum atomic E-state index is -4.47. The van der Waals surface area contributed by atoms with E-state index in [0.717, 1.165) is 12.3 Å². The van der Waals surface area contributed by atoms with Crippen LogP contribution in [0.1, 0.15) is 28.5 Å². The third-order valence-corrected chi connectivity index (χ3v) is 4.26. The summed E-state index contributed by atoms with van der Waals surface area (Å²) in [4.78, 5) is 24.1. The van der Waals surface area contributed by atoms with E-state index in [9.17, 15) is 18.0 Å². The number of rotatable bonds is 5. The van der Waals surface area contributed by atoms with Crippen molar-refractivity contribution in [2.75, 3.05) is 11.9 Å². The number of nitrogens with one attached hydrogen (secondary N) is 1. The van der Waals surface area contributed by atoms with Crippen LogP contribution in [0.25, 0.3) is 10.2 Å². The summed E-state index contributed by atoms with van der Waals surface area (Å²) >= 11 is 1.31. The Labute approximate surface area is 150 Å². The molecule has 136 valence electrons. The molecule has 3 aromatic heterocycles. The zero-order valence-electron chi connectivity index (χ0n) is 13.5. The highest BCUT2D eigenvalue weighted by atomic mass is 32.1. The zero-order valence-corrected chi connectivity index (χ0v) is 14.3. The molecule has 0 aliphatic heterocycles. The van der Waals surface area contributed by atoms with Gasteiger partial charge in [0.05, 0.1) is 22.4 Å². The van der Waals surface area contributed by atoms with Crippen molar-refractivity contribution < 1.29 is 22.7 Å². The van der Waals surface area contributed by atoms with Crippen molar-refractivity contribution in [1.82, 2.24) is 15.0 Å². The maximum Gasteiger partial charge on any atom is 0.417 e. The number of halogens is 3. The van der Waals surface area contributed by atoms with E-state index in [4.69, 9.17) is 4.74 Å². The van der Waals surface area contributed by atoms with Crippen LogP contribution in [0.4, 0.5) is 19.1 Å². The highest BCUT2D eigenvalue weighted by Crippen LogP contribution is 2.29. The third kappa shape index (κ3) is 3.90. The number of nitrogens with zero attached hydrogens (tertiary/aromatic N) is 3. The van der Waals surface area contributed by atoms with Gasteiger partial charge in [0.25, 0.3) is 0 Å². The van der Waals surface area contributed by atoms with Crippen molar-refractivity contribution in [3.63, 3.8) is 0 Å². The molecule has 0 aromatic carbocycles. The number of fused-ring (bicyclic) bond motifs is 1.